The lowest BCUT2D eigenvalue weighted by atomic mass is 9.89. The van der Waals surface area contributed by atoms with E-state index in [4.69, 9.17) is 5.26 Å². The zero-order valence-corrected chi connectivity index (χ0v) is 13.4. The average molecular weight is 346 g/mol. The van der Waals surface area contributed by atoms with Crippen molar-refractivity contribution in [1.82, 2.24) is 0 Å². The van der Waals surface area contributed by atoms with E-state index in [-0.39, 0.29) is 11.3 Å². The first-order chi connectivity index (χ1) is 11.9. The van der Waals surface area contributed by atoms with Gasteiger partial charge in [-0.05, 0) is 54.7 Å². The molecular formula is C19H17F3N2O. The number of benzene rings is 2. The van der Waals surface area contributed by atoms with E-state index in [0.717, 1.165) is 24.5 Å². The molecular weight excluding hydrogens is 329 g/mol. The van der Waals surface area contributed by atoms with E-state index in [0.29, 0.717) is 24.7 Å². The Morgan fingerprint density at radius 3 is 2.24 bits per heavy atom. The van der Waals surface area contributed by atoms with Crippen molar-refractivity contribution >= 4 is 5.69 Å². The molecule has 0 aliphatic carbocycles. The number of aromatic hydroxyl groups is 1. The van der Waals surface area contributed by atoms with Crippen LogP contribution < -0.4 is 4.90 Å². The minimum Gasteiger partial charge on any atom is -0.508 e. The lowest BCUT2D eigenvalue weighted by Gasteiger charge is -2.34. The molecule has 1 aliphatic rings. The molecule has 130 valence electrons. The van der Waals surface area contributed by atoms with E-state index < -0.39 is 11.7 Å². The zero-order valence-electron chi connectivity index (χ0n) is 13.4. The smallest absolute Gasteiger partial charge is 0.417 e. The number of hydrogen-bond acceptors (Lipinski definition) is 3. The molecule has 25 heavy (non-hydrogen) atoms. The number of hydrogen-bond donors (Lipinski definition) is 1. The van der Waals surface area contributed by atoms with Gasteiger partial charge in [0.2, 0.25) is 0 Å². The Bertz CT molecular complexity index is 786. The predicted molar refractivity (Wildman–Crippen MR) is 88.5 cm³/mol. The molecule has 1 aliphatic heterocycles. The van der Waals surface area contributed by atoms with Crippen LogP contribution in [0.15, 0.2) is 42.5 Å². The minimum absolute atomic E-state index is 0.221. The molecule has 2 aromatic carbocycles. The van der Waals surface area contributed by atoms with Crippen LogP contribution in [0.1, 0.15) is 35.4 Å². The van der Waals surface area contributed by atoms with E-state index >= 15 is 0 Å². The Labute approximate surface area is 143 Å². The molecule has 1 fully saturated rings. The maximum Gasteiger partial charge on any atom is 0.417 e. The first-order valence-electron chi connectivity index (χ1n) is 8.03. The summed E-state index contributed by atoms with van der Waals surface area (Å²) < 4.78 is 39.3. The number of phenolic OH excluding ortho intramolecular Hbond substituents is 1. The molecule has 0 unspecified atom stereocenters. The van der Waals surface area contributed by atoms with Gasteiger partial charge in [0.05, 0.1) is 17.2 Å². The van der Waals surface area contributed by atoms with E-state index in [9.17, 15) is 18.3 Å². The molecule has 0 aromatic heterocycles. The third-order valence-electron chi connectivity index (χ3n) is 4.65. The third-order valence-corrected chi connectivity index (χ3v) is 4.65. The summed E-state index contributed by atoms with van der Waals surface area (Å²) >= 11 is 0. The molecule has 6 heteroatoms. The molecule has 1 heterocycles. The van der Waals surface area contributed by atoms with Gasteiger partial charge in [0.1, 0.15) is 5.75 Å². The van der Waals surface area contributed by atoms with Gasteiger partial charge in [0, 0.05) is 18.8 Å². The van der Waals surface area contributed by atoms with Crippen molar-refractivity contribution in [3.8, 4) is 11.8 Å². The van der Waals surface area contributed by atoms with Gasteiger partial charge in [-0.2, -0.15) is 18.4 Å². The first-order valence-corrected chi connectivity index (χ1v) is 8.03. The van der Waals surface area contributed by atoms with Crippen molar-refractivity contribution in [2.24, 2.45) is 0 Å². The van der Waals surface area contributed by atoms with Crippen molar-refractivity contribution in [2.45, 2.75) is 24.9 Å². The van der Waals surface area contributed by atoms with E-state index in [1.165, 1.54) is 6.07 Å². The molecule has 2 aromatic rings. The van der Waals surface area contributed by atoms with Crippen LogP contribution in [0.25, 0.3) is 0 Å². The summed E-state index contributed by atoms with van der Waals surface area (Å²) in [6, 6.07) is 12.6. The highest BCUT2D eigenvalue weighted by molar-refractivity contribution is 5.55. The van der Waals surface area contributed by atoms with Gasteiger partial charge in [0.25, 0.3) is 0 Å². The SMILES string of the molecule is N#Cc1ccc(N2CCC(c3ccc(O)cc3)CC2)cc1C(F)(F)F. The maximum atomic E-state index is 13.1. The van der Waals surface area contributed by atoms with Crippen LogP contribution >= 0.6 is 0 Å². The highest BCUT2D eigenvalue weighted by Crippen LogP contribution is 2.36. The predicted octanol–water partition coefficient (Wildman–Crippen LogP) is 4.67. The molecule has 1 saturated heterocycles. The second-order valence-electron chi connectivity index (χ2n) is 6.19. The van der Waals surface area contributed by atoms with Gasteiger partial charge in [-0.25, -0.2) is 0 Å². The first kappa shape index (κ1) is 17.2. The summed E-state index contributed by atoms with van der Waals surface area (Å²) in [5.41, 5.74) is 0.395. The van der Waals surface area contributed by atoms with Gasteiger partial charge < -0.3 is 10.0 Å². The summed E-state index contributed by atoms with van der Waals surface area (Å²) in [5, 5.41) is 18.2. The average Bonchev–Trinajstić information content (AvgIpc) is 2.61. The Kier molecular flexibility index (Phi) is 4.58. The van der Waals surface area contributed by atoms with Crippen LogP contribution in [0, 0.1) is 11.3 Å². The number of phenols is 1. The summed E-state index contributed by atoms with van der Waals surface area (Å²) in [6.45, 7) is 1.30. The number of nitrogens with zero attached hydrogens (tertiary/aromatic N) is 2. The van der Waals surface area contributed by atoms with Crippen LogP contribution in [-0.2, 0) is 6.18 Å². The fourth-order valence-electron chi connectivity index (χ4n) is 3.28. The quantitative estimate of drug-likeness (QED) is 0.860. The lowest BCUT2D eigenvalue weighted by molar-refractivity contribution is -0.137. The van der Waals surface area contributed by atoms with E-state index in [2.05, 4.69) is 0 Å². The van der Waals surface area contributed by atoms with E-state index in [1.54, 1.807) is 24.3 Å². The minimum atomic E-state index is -4.54. The number of alkyl halides is 3. The largest absolute Gasteiger partial charge is 0.508 e. The number of halogens is 3. The zero-order chi connectivity index (χ0) is 18.0. The van der Waals surface area contributed by atoms with Gasteiger partial charge >= 0.3 is 6.18 Å². The number of rotatable bonds is 2. The summed E-state index contributed by atoms with van der Waals surface area (Å²) in [6.07, 6.45) is -2.89. The molecule has 0 radical (unpaired) electrons. The number of nitriles is 1. The molecule has 0 bridgehead atoms. The molecule has 0 spiro atoms. The van der Waals surface area contributed by atoms with E-state index in [1.807, 2.05) is 17.0 Å². The molecule has 3 nitrogen and oxygen atoms in total. The Morgan fingerprint density at radius 2 is 1.68 bits per heavy atom. The number of piperidine rings is 1. The fraction of sp³-hybridized carbons (Fsp3) is 0.316. The van der Waals surface area contributed by atoms with Crippen LogP contribution in [-0.4, -0.2) is 18.2 Å². The van der Waals surface area contributed by atoms with Gasteiger partial charge in [-0.1, -0.05) is 12.1 Å². The highest BCUT2D eigenvalue weighted by Gasteiger charge is 2.34. The van der Waals surface area contributed by atoms with Crippen molar-refractivity contribution < 1.29 is 18.3 Å². The maximum absolute atomic E-state index is 13.1. The fourth-order valence-corrected chi connectivity index (χ4v) is 3.28. The molecule has 0 amide bonds. The Hall–Kier alpha value is -2.68. The van der Waals surface area contributed by atoms with Gasteiger partial charge in [-0.15, -0.1) is 0 Å². The van der Waals surface area contributed by atoms with Gasteiger partial charge in [-0.3, -0.25) is 0 Å². The summed E-state index contributed by atoms with van der Waals surface area (Å²) in [7, 11) is 0. The number of anilines is 1. The van der Waals surface area contributed by atoms with Gasteiger partial charge in [0.15, 0.2) is 0 Å². The summed E-state index contributed by atoms with van der Waals surface area (Å²) in [4.78, 5) is 1.92. The van der Waals surface area contributed by atoms with Crippen LogP contribution in [0.3, 0.4) is 0 Å². The van der Waals surface area contributed by atoms with Crippen molar-refractivity contribution in [1.29, 1.82) is 5.26 Å². The van der Waals surface area contributed by atoms with Crippen molar-refractivity contribution in [3.63, 3.8) is 0 Å². The molecule has 0 atom stereocenters. The van der Waals surface area contributed by atoms with Crippen LogP contribution in [0.4, 0.5) is 18.9 Å². The Morgan fingerprint density at radius 1 is 1.04 bits per heavy atom. The standard InChI is InChI=1S/C19H17F3N2O/c20-19(21,22)18-11-16(4-1-15(18)12-23)24-9-7-14(8-10-24)13-2-5-17(25)6-3-13/h1-6,11,14,25H,7-10H2. The highest BCUT2D eigenvalue weighted by atomic mass is 19.4. The molecule has 0 saturated carbocycles. The monoisotopic (exact) mass is 346 g/mol. The second-order valence-corrected chi connectivity index (χ2v) is 6.19. The van der Waals surface area contributed by atoms with Crippen LogP contribution in [0.5, 0.6) is 5.75 Å². The topological polar surface area (TPSA) is 47.3 Å². The molecule has 3 rings (SSSR count). The van der Waals surface area contributed by atoms with Crippen LogP contribution in [0.2, 0.25) is 0 Å². The summed E-state index contributed by atoms with van der Waals surface area (Å²) in [5.74, 6) is 0.552. The normalized spacial score (nSPS) is 15.8. The van der Waals surface area contributed by atoms with Crippen molar-refractivity contribution in [2.75, 3.05) is 18.0 Å². The Balaban J connectivity index is 1.75. The van der Waals surface area contributed by atoms with Crippen molar-refractivity contribution in [3.05, 3.63) is 59.2 Å². The molecule has 1 N–H and O–H groups in total. The third kappa shape index (κ3) is 3.71. The lowest BCUT2D eigenvalue weighted by Crippen LogP contribution is -2.33. The second kappa shape index (κ2) is 6.67.